The van der Waals surface area contributed by atoms with Crippen LogP contribution in [0.1, 0.15) is 33.9 Å². The summed E-state index contributed by atoms with van der Waals surface area (Å²) in [6.45, 7) is 4.81. The van der Waals surface area contributed by atoms with Gasteiger partial charge < -0.3 is 15.5 Å². The number of nitrogens with zero attached hydrogens (tertiary/aromatic N) is 2. The lowest BCUT2D eigenvalue weighted by molar-refractivity contribution is -0.134. The summed E-state index contributed by atoms with van der Waals surface area (Å²) in [6.07, 6.45) is 2.03. The number of likely N-dealkylation sites (tertiary alicyclic amines) is 1. The fourth-order valence-corrected chi connectivity index (χ4v) is 5.15. The Morgan fingerprint density at radius 1 is 1.20 bits per heavy atom. The van der Waals surface area contributed by atoms with E-state index >= 15 is 0 Å². The summed E-state index contributed by atoms with van der Waals surface area (Å²) in [7, 11) is 0. The molecule has 0 saturated carbocycles. The summed E-state index contributed by atoms with van der Waals surface area (Å²) >= 11 is 0. The van der Waals surface area contributed by atoms with Crippen LogP contribution in [-0.2, 0) is 11.2 Å². The first-order valence-electron chi connectivity index (χ1n) is 9.36. The van der Waals surface area contributed by atoms with Crippen LogP contribution in [0.3, 0.4) is 0 Å². The van der Waals surface area contributed by atoms with Gasteiger partial charge >= 0.3 is 0 Å². The Labute approximate surface area is 147 Å². The molecule has 3 atom stereocenters. The maximum atomic E-state index is 13.0. The standard InChI is InChI=1S/C19H24N4O2/c24-17(23-7-5-13-8-20-9-15(13)23)11-22-6-4-12-2-1-3-14-18(12)16(22)10-21-19(14)25/h1-3,13,15-16,20H,4-11H2,(H,21,25). The third-order valence-electron chi connectivity index (χ3n) is 6.44. The van der Waals surface area contributed by atoms with Crippen LogP contribution in [-0.4, -0.2) is 66.9 Å². The Kier molecular flexibility index (Phi) is 3.57. The highest BCUT2D eigenvalue weighted by atomic mass is 16.2. The second-order valence-electron chi connectivity index (χ2n) is 7.69. The molecule has 132 valence electrons. The van der Waals surface area contributed by atoms with Crippen LogP contribution in [0.4, 0.5) is 0 Å². The minimum absolute atomic E-state index is 0.0145. The van der Waals surface area contributed by atoms with Crippen molar-refractivity contribution in [2.75, 3.05) is 39.3 Å². The Morgan fingerprint density at radius 2 is 2.12 bits per heavy atom. The zero-order valence-electron chi connectivity index (χ0n) is 14.3. The molecule has 6 nitrogen and oxygen atoms in total. The first kappa shape index (κ1) is 15.3. The Morgan fingerprint density at radius 3 is 3.04 bits per heavy atom. The smallest absolute Gasteiger partial charge is 0.251 e. The van der Waals surface area contributed by atoms with E-state index in [1.165, 1.54) is 5.56 Å². The molecule has 25 heavy (non-hydrogen) atoms. The van der Waals surface area contributed by atoms with Gasteiger partial charge in [0.25, 0.3) is 5.91 Å². The van der Waals surface area contributed by atoms with E-state index in [2.05, 4.69) is 26.5 Å². The molecule has 0 aliphatic carbocycles. The molecular formula is C19H24N4O2. The number of carbonyl (C=O) groups is 2. The van der Waals surface area contributed by atoms with Crippen LogP contribution in [0.2, 0.25) is 0 Å². The van der Waals surface area contributed by atoms with E-state index in [-0.39, 0.29) is 17.9 Å². The monoisotopic (exact) mass is 340 g/mol. The Bertz CT molecular complexity index is 734. The normalized spacial score (nSPS) is 30.8. The molecule has 2 amide bonds. The van der Waals surface area contributed by atoms with Crippen molar-refractivity contribution in [3.63, 3.8) is 0 Å². The summed E-state index contributed by atoms with van der Waals surface area (Å²) in [5, 5.41) is 6.41. The highest BCUT2D eigenvalue weighted by molar-refractivity contribution is 5.97. The molecule has 4 heterocycles. The van der Waals surface area contributed by atoms with Gasteiger partial charge in [-0.3, -0.25) is 14.5 Å². The lowest BCUT2D eigenvalue weighted by Crippen LogP contribution is -2.51. The number of hydrogen-bond donors (Lipinski definition) is 2. The number of fused-ring (bicyclic) bond motifs is 1. The first-order valence-corrected chi connectivity index (χ1v) is 9.36. The van der Waals surface area contributed by atoms with Crippen molar-refractivity contribution in [3.05, 3.63) is 34.9 Å². The van der Waals surface area contributed by atoms with Gasteiger partial charge in [0.1, 0.15) is 0 Å². The number of amides is 2. The van der Waals surface area contributed by atoms with Gasteiger partial charge in [-0.25, -0.2) is 0 Å². The molecule has 5 rings (SSSR count). The van der Waals surface area contributed by atoms with Crippen molar-refractivity contribution in [3.8, 4) is 0 Å². The van der Waals surface area contributed by atoms with Crippen LogP contribution in [0.5, 0.6) is 0 Å². The molecule has 0 spiro atoms. The molecule has 6 heteroatoms. The van der Waals surface area contributed by atoms with Crippen molar-refractivity contribution < 1.29 is 9.59 Å². The molecule has 1 aromatic rings. The molecule has 3 unspecified atom stereocenters. The number of nitrogens with one attached hydrogen (secondary N) is 2. The highest BCUT2D eigenvalue weighted by Crippen LogP contribution is 2.35. The van der Waals surface area contributed by atoms with Gasteiger partial charge in [0.05, 0.1) is 12.6 Å². The largest absolute Gasteiger partial charge is 0.350 e. The van der Waals surface area contributed by atoms with Crippen molar-refractivity contribution in [1.29, 1.82) is 0 Å². The fourth-order valence-electron chi connectivity index (χ4n) is 5.15. The maximum Gasteiger partial charge on any atom is 0.251 e. The van der Waals surface area contributed by atoms with Gasteiger partial charge in [0.2, 0.25) is 5.91 Å². The van der Waals surface area contributed by atoms with E-state index in [4.69, 9.17) is 0 Å². The van der Waals surface area contributed by atoms with Crippen LogP contribution < -0.4 is 10.6 Å². The van der Waals surface area contributed by atoms with Gasteiger partial charge in [-0.1, -0.05) is 12.1 Å². The second kappa shape index (κ2) is 5.81. The zero-order valence-corrected chi connectivity index (χ0v) is 14.3. The quantitative estimate of drug-likeness (QED) is 0.804. The number of benzene rings is 1. The van der Waals surface area contributed by atoms with Gasteiger partial charge in [-0.2, -0.15) is 0 Å². The van der Waals surface area contributed by atoms with Gasteiger partial charge in [-0.05, 0) is 36.0 Å². The number of carbonyl (C=O) groups excluding carboxylic acids is 2. The van der Waals surface area contributed by atoms with Crippen LogP contribution in [0.15, 0.2) is 18.2 Å². The summed E-state index contributed by atoms with van der Waals surface area (Å²) < 4.78 is 0. The minimum atomic E-state index is 0.0145. The van der Waals surface area contributed by atoms with E-state index in [9.17, 15) is 9.59 Å². The predicted octanol–water partition coefficient (Wildman–Crippen LogP) is 0.150. The topological polar surface area (TPSA) is 64.7 Å². The molecular weight excluding hydrogens is 316 g/mol. The second-order valence-corrected chi connectivity index (χ2v) is 7.69. The van der Waals surface area contributed by atoms with E-state index in [0.29, 0.717) is 25.0 Å². The maximum absolute atomic E-state index is 13.0. The summed E-state index contributed by atoms with van der Waals surface area (Å²) in [5.41, 5.74) is 3.20. The molecule has 4 aliphatic heterocycles. The average molecular weight is 340 g/mol. The van der Waals surface area contributed by atoms with Crippen LogP contribution in [0, 0.1) is 5.92 Å². The van der Waals surface area contributed by atoms with Crippen LogP contribution >= 0.6 is 0 Å². The third kappa shape index (κ3) is 2.39. The van der Waals surface area contributed by atoms with Gasteiger partial charge in [0.15, 0.2) is 0 Å². The number of hydrogen-bond acceptors (Lipinski definition) is 4. The van der Waals surface area contributed by atoms with Crippen molar-refractivity contribution >= 4 is 11.8 Å². The van der Waals surface area contributed by atoms with Gasteiger partial charge in [0, 0.05) is 44.3 Å². The SMILES string of the molecule is O=C1NCC2c3c(cccc31)CCN2CC(=O)N1CCC2CNCC21. The van der Waals surface area contributed by atoms with E-state index in [0.717, 1.165) is 50.1 Å². The van der Waals surface area contributed by atoms with Crippen molar-refractivity contribution in [1.82, 2.24) is 20.4 Å². The predicted molar refractivity (Wildman–Crippen MR) is 93.3 cm³/mol. The molecule has 1 aromatic carbocycles. The molecule has 0 radical (unpaired) electrons. The molecule has 4 aliphatic rings. The Hall–Kier alpha value is -1.92. The lowest BCUT2D eigenvalue weighted by atomic mass is 9.86. The van der Waals surface area contributed by atoms with Gasteiger partial charge in [-0.15, -0.1) is 0 Å². The highest BCUT2D eigenvalue weighted by Gasteiger charge is 2.41. The molecule has 0 bridgehead atoms. The van der Waals surface area contributed by atoms with E-state index < -0.39 is 0 Å². The molecule has 2 N–H and O–H groups in total. The summed E-state index contributed by atoms with van der Waals surface area (Å²) in [4.78, 5) is 29.5. The average Bonchev–Trinajstić information content (AvgIpc) is 3.23. The molecule has 2 fully saturated rings. The van der Waals surface area contributed by atoms with Crippen molar-refractivity contribution in [2.45, 2.75) is 24.9 Å². The van der Waals surface area contributed by atoms with E-state index in [1.807, 2.05) is 12.1 Å². The fraction of sp³-hybridized carbons (Fsp3) is 0.579. The first-order chi connectivity index (χ1) is 12.2. The number of rotatable bonds is 2. The van der Waals surface area contributed by atoms with Crippen molar-refractivity contribution in [2.24, 2.45) is 5.92 Å². The minimum Gasteiger partial charge on any atom is -0.350 e. The third-order valence-corrected chi connectivity index (χ3v) is 6.44. The summed E-state index contributed by atoms with van der Waals surface area (Å²) in [5.74, 6) is 0.890. The zero-order chi connectivity index (χ0) is 17.0. The molecule has 0 aromatic heterocycles. The summed E-state index contributed by atoms with van der Waals surface area (Å²) in [6, 6.07) is 6.50. The van der Waals surface area contributed by atoms with E-state index in [1.54, 1.807) is 0 Å². The lowest BCUT2D eigenvalue weighted by Gasteiger charge is -2.41. The Balaban J connectivity index is 1.37. The molecule has 2 saturated heterocycles. The van der Waals surface area contributed by atoms with Crippen LogP contribution in [0.25, 0.3) is 0 Å².